The van der Waals surface area contributed by atoms with Crippen molar-refractivity contribution in [3.8, 4) is 5.75 Å². The minimum absolute atomic E-state index is 0.0149. The largest absolute Gasteiger partial charge is 0.484 e. The van der Waals surface area contributed by atoms with Crippen LogP contribution in [-0.2, 0) is 25.7 Å². The van der Waals surface area contributed by atoms with Crippen LogP contribution in [0.1, 0.15) is 40.2 Å². The molecule has 2 amide bonds. The van der Waals surface area contributed by atoms with Gasteiger partial charge in [-0.25, -0.2) is 14.6 Å². The van der Waals surface area contributed by atoms with E-state index in [1.807, 2.05) is 6.92 Å². The number of nitrogens with zero attached hydrogens (tertiary/aromatic N) is 2. The van der Waals surface area contributed by atoms with Crippen molar-refractivity contribution in [2.24, 2.45) is 5.92 Å². The number of nitrogens with one attached hydrogen (secondary N) is 2. The minimum atomic E-state index is -1.11. The molecule has 0 spiro atoms. The average Bonchev–Trinajstić information content (AvgIpc) is 2.93. The second-order valence-electron chi connectivity index (χ2n) is 10.2. The zero-order valence-electron chi connectivity index (χ0n) is 24.0. The van der Waals surface area contributed by atoms with Crippen molar-refractivity contribution < 1.29 is 38.6 Å². The SMILES string of the molecule is CC(CO)C(C)NC(=O)COc1ccc(COC(=O)C(CSSc2ncccc2[N+](=O)[O-])NC(=O)OC(C)(C)C)cc1. The monoisotopic (exact) mass is 624 g/mol. The normalized spacial score (nSPS) is 13.3. The van der Waals surface area contributed by atoms with E-state index in [4.69, 9.17) is 14.2 Å². The lowest BCUT2D eigenvalue weighted by Gasteiger charge is -2.22. The summed E-state index contributed by atoms with van der Waals surface area (Å²) in [6, 6.07) is 8.04. The molecule has 1 aromatic heterocycles. The van der Waals surface area contributed by atoms with E-state index < -0.39 is 28.6 Å². The van der Waals surface area contributed by atoms with Crippen molar-refractivity contribution in [3.63, 3.8) is 0 Å². The van der Waals surface area contributed by atoms with Gasteiger partial charge in [0, 0.05) is 30.7 Å². The van der Waals surface area contributed by atoms with Crippen LogP contribution in [0.15, 0.2) is 47.6 Å². The van der Waals surface area contributed by atoms with Crippen molar-refractivity contribution in [3.05, 3.63) is 58.3 Å². The Hall–Kier alpha value is -3.56. The number of ether oxygens (including phenoxy) is 3. The number of alkyl carbamates (subject to hydrolysis) is 1. The fraction of sp³-hybridized carbons (Fsp3) is 0.481. The number of carbonyl (C=O) groups excluding carboxylic acids is 3. The minimum Gasteiger partial charge on any atom is -0.484 e. The molecule has 2 rings (SSSR count). The number of benzene rings is 1. The van der Waals surface area contributed by atoms with Crippen molar-refractivity contribution >= 4 is 45.2 Å². The van der Waals surface area contributed by atoms with Crippen LogP contribution >= 0.6 is 21.6 Å². The Kier molecular flexibility index (Phi) is 13.8. The summed E-state index contributed by atoms with van der Waals surface area (Å²) in [5, 5.41) is 25.8. The third-order valence-electron chi connectivity index (χ3n) is 5.50. The summed E-state index contributed by atoms with van der Waals surface area (Å²) >= 11 is 0. The van der Waals surface area contributed by atoms with E-state index in [9.17, 15) is 29.6 Å². The molecule has 2 aromatic rings. The summed E-state index contributed by atoms with van der Waals surface area (Å²) in [6.07, 6.45) is 0.607. The summed E-state index contributed by atoms with van der Waals surface area (Å²) < 4.78 is 16.2. The predicted octanol–water partition coefficient (Wildman–Crippen LogP) is 3.88. The van der Waals surface area contributed by atoms with E-state index >= 15 is 0 Å². The van der Waals surface area contributed by atoms with E-state index in [2.05, 4.69) is 15.6 Å². The Morgan fingerprint density at radius 2 is 1.81 bits per heavy atom. The first-order chi connectivity index (χ1) is 19.8. The molecule has 0 saturated heterocycles. The highest BCUT2D eigenvalue weighted by Crippen LogP contribution is 2.35. The van der Waals surface area contributed by atoms with Crippen LogP contribution in [0.4, 0.5) is 10.5 Å². The van der Waals surface area contributed by atoms with Crippen LogP contribution in [0, 0.1) is 16.0 Å². The summed E-state index contributed by atoms with van der Waals surface area (Å²) in [6.45, 7) is 8.32. The second-order valence-corrected chi connectivity index (χ2v) is 12.5. The zero-order chi connectivity index (χ0) is 31.3. The fourth-order valence-corrected chi connectivity index (χ4v) is 5.24. The number of hydrogen-bond donors (Lipinski definition) is 3. The molecular formula is C27H36N4O9S2. The van der Waals surface area contributed by atoms with Crippen LogP contribution < -0.4 is 15.4 Å². The first-order valence-corrected chi connectivity index (χ1v) is 15.3. The molecule has 13 nitrogen and oxygen atoms in total. The molecule has 3 atom stereocenters. The van der Waals surface area contributed by atoms with E-state index in [0.717, 1.165) is 21.6 Å². The molecule has 0 aliphatic rings. The maximum absolute atomic E-state index is 12.9. The number of esters is 1. The third kappa shape index (κ3) is 12.5. The van der Waals surface area contributed by atoms with Gasteiger partial charge < -0.3 is 30.0 Å². The van der Waals surface area contributed by atoms with Crippen LogP contribution in [-0.4, -0.2) is 69.6 Å². The van der Waals surface area contributed by atoms with Gasteiger partial charge >= 0.3 is 17.7 Å². The number of amides is 2. The molecular weight excluding hydrogens is 588 g/mol. The van der Waals surface area contributed by atoms with Gasteiger partial charge in [0.2, 0.25) is 0 Å². The van der Waals surface area contributed by atoms with E-state index in [-0.39, 0.29) is 54.2 Å². The molecule has 0 bridgehead atoms. The number of rotatable bonds is 15. The third-order valence-corrected chi connectivity index (χ3v) is 7.80. The maximum Gasteiger partial charge on any atom is 0.408 e. The van der Waals surface area contributed by atoms with Crippen molar-refractivity contribution in [1.82, 2.24) is 15.6 Å². The quantitative estimate of drug-likeness (QED) is 0.113. The van der Waals surface area contributed by atoms with Gasteiger partial charge in [-0.15, -0.1) is 0 Å². The molecule has 0 aliphatic carbocycles. The Labute approximate surface area is 252 Å². The van der Waals surface area contributed by atoms with Gasteiger partial charge in [-0.3, -0.25) is 14.9 Å². The highest BCUT2D eigenvalue weighted by molar-refractivity contribution is 8.76. The Morgan fingerprint density at radius 3 is 2.43 bits per heavy atom. The van der Waals surface area contributed by atoms with Gasteiger partial charge in [0.05, 0.1) is 4.92 Å². The number of aromatic nitrogens is 1. The Bertz CT molecular complexity index is 1210. The summed E-state index contributed by atoms with van der Waals surface area (Å²) in [7, 11) is 2.09. The van der Waals surface area contributed by atoms with Gasteiger partial charge in [0.25, 0.3) is 5.91 Å². The van der Waals surface area contributed by atoms with Gasteiger partial charge in [-0.2, -0.15) is 0 Å². The van der Waals surface area contributed by atoms with Crippen LogP contribution in [0.3, 0.4) is 0 Å². The highest BCUT2D eigenvalue weighted by Gasteiger charge is 2.27. The zero-order valence-corrected chi connectivity index (χ0v) is 25.7. The first-order valence-electron chi connectivity index (χ1n) is 13.0. The molecule has 0 saturated carbocycles. The lowest BCUT2D eigenvalue weighted by molar-refractivity contribution is -0.388. The lowest BCUT2D eigenvalue weighted by atomic mass is 10.1. The van der Waals surface area contributed by atoms with Gasteiger partial charge in [0.1, 0.15) is 24.0 Å². The van der Waals surface area contributed by atoms with Crippen LogP contribution in [0.5, 0.6) is 5.75 Å². The van der Waals surface area contributed by atoms with Crippen molar-refractivity contribution in [2.75, 3.05) is 19.0 Å². The fourth-order valence-electron chi connectivity index (χ4n) is 3.04. The van der Waals surface area contributed by atoms with E-state index in [1.165, 1.54) is 18.3 Å². The first kappa shape index (κ1) is 34.6. The van der Waals surface area contributed by atoms with Crippen LogP contribution in [0.2, 0.25) is 0 Å². The molecule has 42 heavy (non-hydrogen) atoms. The highest BCUT2D eigenvalue weighted by atomic mass is 33.1. The molecule has 0 aliphatic heterocycles. The standard InChI is InChI=1S/C27H36N4O9S2/c1-17(13-32)18(2)29-23(33)15-38-20-10-8-19(9-11-20)14-39-25(34)21(30-26(35)40-27(3,4)5)16-41-42-24-22(31(36)37)7-6-12-28-24/h6-12,17-18,21,32H,13-16H2,1-5H3,(H,29,33)(H,30,35). The summed E-state index contributed by atoms with van der Waals surface area (Å²) in [4.78, 5) is 52.0. The van der Waals surface area contributed by atoms with Gasteiger partial charge in [-0.1, -0.05) is 29.9 Å². The van der Waals surface area contributed by atoms with E-state index in [1.54, 1.807) is 52.0 Å². The van der Waals surface area contributed by atoms with E-state index in [0.29, 0.717) is 11.3 Å². The number of aliphatic hydroxyl groups is 1. The topological polar surface area (TPSA) is 179 Å². The van der Waals surface area contributed by atoms with Gasteiger partial charge in [-0.05, 0) is 68.2 Å². The number of aliphatic hydroxyl groups excluding tert-OH is 1. The number of nitro groups is 1. The Balaban J connectivity index is 1.95. The van der Waals surface area contributed by atoms with Crippen molar-refractivity contribution in [1.29, 1.82) is 0 Å². The average molecular weight is 625 g/mol. The molecule has 1 heterocycles. The predicted molar refractivity (Wildman–Crippen MR) is 158 cm³/mol. The number of pyridine rings is 1. The molecule has 0 fully saturated rings. The van der Waals surface area contributed by atoms with Crippen LogP contribution in [0.25, 0.3) is 0 Å². The molecule has 3 unspecified atom stereocenters. The number of hydrogen-bond acceptors (Lipinski definition) is 12. The molecule has 1 aromatic carbocycles. The Morgan fingerprint density at radius 1 is 1.12 bits per heavy atom. The molecule has 230 valence electrons. The number of carbonyl (C=O) groups is 3. The lowest BCUT2D eigenvalue weighted by Crippen LogP contribution is -2.45. The second kappa shape index (κ2) is 16.8. The molecule has 0 radical (unpaired) electrons. The summed E-state index contributed by atoms with van der Waals surface area (Å²) in [5.74, 6) is -0.689. The smallest absolute Gasteiger partial charge is 0.408 e. The van der Waals surface area contributed by atoms with Gasteiger partial charge in [0.15, 0.2) is 11.6 Å². The molecule has 15 heteroatoms. The molecule has 3 N–H and O–H groups in total. The maximum atomic E-state index is 12.9. The van der Waals surface area contributed by atoms with Crippen molar-refractivity contribution in [2.45, 2.75) is 63.9 Å². The summed E-state index contributed by atoms with van der Waals surface area (Å²) in [5.41, 5.74) is -0.337.